The number of ketones is 1. The lowest BCUT2D eigenvalue weighted by atomic mass is 9.98. The maximum Gasteiger partial charge on any atom is 0.133 e. The Hall–Kier alpha value is -1.31. The summed E-state index contributed by atoms with van der Waals surface area (Å²) in [6.07, 6.45) is 2.27. The van der Waals surface area contributed by atoms with Crippen LogP contribution in [-0.4, -0.2) is 10.9 Å². The van der Waals surface area contributed by atoms with E-state index < -0.39 is 0 Å². The minimum absolute atomic E-state index is 0.289. The van der Waals surface area contributed by atoms with Crippen LogP contribution in [0.3, 0.4) is 0 Å². The number of hydrogen-bond donors (Lipinski definition) is 1. The highest BCUT2D eigenvalue weighted by Crippen LogP contribution is 2.33. The van der Waals surface area contributed by atoms with Crippen LogP contribution in [0, 0.1) is 0 Å². The van der Waals surface area contributed by atoms with Crippen LogP contribution in [0.4, 0.5) is 0 Å². The van der Waals surface area contributed by atoms with Crippen molar-refractivity contribution in [2.45, 2.75) is 25.2 Å². The van der Waals surface area contributed by atoms with E-state index in [2.05, 4.69) is 0 Å². The van der Waals surface area contributed by atoms with Gasteiger partial charge in [-0.15, -0.1) is 0 Å². The van der Waals surface area contributed by atoms with Gasteiger partial charge in [0.25, 0.3) is 0 Å². The molecule has 1 atom stereocenters. The van der Waals surface area contributed by atoms with Crippen LogP contribution in [-0.2, 0) is 4.79 Å². The Kier molecular flexibility index (Phi) is 2.05. The maximum absolute atomic E-state index is 11.0. The summed E-state index contributed by atoms with van der Waals surface area (Å²) in [5.41, 5.74) is 1.09. The molecule has 2 heteroatoms. The van der Waals surface area contributed by atoms with Crippen molar-refractivity contribution in [3.63, 3.8) is 0 Å². The first-order valence-electron chi connectivity index (χ1n) is 4.56. The molecule has 0 amide bonds. The molecule has 1 aromatic rings. The third-order valence-electron chi connectivity index (χ3n) is 2.59. The number of hydrogen-bond acceptors (Lipinski definition) is 2. The summed E-state index contributed by atoms with van der Waals surface area (Å²) in [4.78, 5) is 11.0. The molecule has 1 fully saturated rings. The van der Waals surface area contributed by atoms with Gasteiger partial charge in [0.05, 0.1) is 0 Å². The molecule has 0 spiro atoms. The van der Waals surface area contributed by atoms with E-state index in [4.69, 9.17) is 0 Å². The average Bonchev–Trinajstić information content (AvgIpc) is 2.52. The fourth-order valence-electron chi connectivity index (χ4n) is 1.88. The highest BCUT2D eigenvalue weighted by Gasteiger charge is 2.23. The summed E-state index contributed by atoms with van der Waals surface area (Å²) in [6.45, 7) is 0. The summed E-state index contributed by atoms with van der Waals surface area (Å²) in [7, 11) is 0. The highest BCUT2D eigenvalue weighted by molar-refractivity contribution is 5.81. The maximum atomic E-state index is 11.0. The van der Waals surface area contributed by atoms with Gasteiger partial charge in [0.1, 0.15) is 11.5 Å². The number of Topliss-reactive ketones (excluding diaryl/α,β-unsaturated/α-hetero) is 1. The second-order valence-corrected chi connectivity index (χ2v) is 3.57. The van der Waals surface area contributed by atoms with Crippen molar-refractivity contribution >= 4 is 5.78 Å². The number of aromatic hydroxyl groups is 1. The van der Waals surface area contributed by atoms with Crippen molar-refractivity contribution in [3.05, 3.63) is 29.8 Å². The van der Waals surface area contributed by atoms with Crippen molar-refractivity contribution in [1.82, 2.24) is 0 Å². The fraction of sp³-hybridized carbons (Fsp3) is 0.364. The minimum atomic E-state index is 0.289. The molecular weight excluding hydrogens is 164 g/mol. The van der Waals surface area contributed by atoms with E-state index in [9.17, 15) is 9.90 Å². The van der Waals surface area contributed by atoms with Crippen LogP contribution in [0.5, 0.6) is 5.75 Å². The lowest BCUT2D eigenvalue weighted by Crippen LogP contribution is -1.93. The van der Waals surface area contributed by atoms with E-state index in [0.29, 0.717) is 24.5 Å². The van der Waals surface area contributed by atoms with Crippen molar-refractivity contribution in [3.8, 4) is 5.75 Å². The van der Waals surface area contributed by atoms with Gasteiger partial charge in [-0.05, 0) is 30.0 Å². The zero-order valence-electron chi connectivity index (χ0n) is 7.36. The first-order chi connectivity index (χ1) is 6.25. The predicted molar refractivity (Wildman–Crippen MR) is 49.7 cm³/mol. The van der Waals surface area contributed by atoms with E-state index in [1.165, 1.54) is 0 Å². The monoisotopic (exact) mass is 176 g/mol. The number of benzene rings is 1. The van der Waals surface area contributed by atoms with Gasteiger partial charge in [-0.25, -0.2) is 0 Å². The summed E-state index contributed by atoms with van der Waals surface area (Å²) in [5.74, 6) is 0.963. The summed E-state index contributed by atoms with van der Waals surface area (Å²) in [5, 5.41) is 9.25. The van der Waals surface area contributed by atoms with Crippen LogP contribution in [0.25, 0.3) is 0 Å². The number of phenolic OH excluding ortho intramolecular Hbond substituents is 1. The van der Waals surface area contributed by atoms with Gasteiger partial charge in [-0.1, -0.05) is 12.1 Å². The van der Waals surface area contributed by atoms with Crippen LogP contribution in [0.2, 0.25) is 0 Å². The van der Waals surface area contributed by atoms with E-state index in [0.717, 1.165) is 12.0 Å². The quantitative estimate of drug-likeness (QED) is 0.712. The predicted octanol–water partition coefficient (Wildman–Crippen LogP) is 2.23. The average molecular weight is 176 g/mol. The lowest BCUT2D eigenvalue weighted by molar-refractivity contribution is -0.117. The lowest BCUT2D eigenvalue weighted by Gasteiger charge is -2.07. The van der Waals surface area contributed by atoms with Gasteiger partial charge in [0, 0.05) is 12.8 Å². The zero-order chi connectivity index (χ0) is 9.26. The van der Waals surface area contributed by atoms with Crippen molar-refractivity contribution in [2.75, 3.05) is 0 Å². The first kappa shape index (κ1) is 8.30. The van der Waals surface area contributed by atoms with Crippen molar-refractivity contribution in [1.29, 1.82) is 0 Å². The molecular formula is C11H12O2. The molecule has 0 bridgehead atoms. The zero-order valence-corrected chi connectivity index (χ0v) is 7.36. The van der Waals surface area contributed by atoms with Gasteiger partial charge < -0.3 is 5.11 Å². The molecule has 0 radical (unpaired) electrons. The topological polar surface area (TPSA) is 37.3 Å². The SMILES string of the molecule is O=C1CCC(c2cccc(O)c2)C1. The summed E-state index contributed by atoms with van der Waals surface area (Å²) in [6, 6.07) is 7.21. The normalized spacial score (nSPS) is 22.2. The van der Waals surface area contributed by atoms with E-state index in [1.807, 2.05) is 12.1 Å². The number of carbonyl (C=O) groups excluding carboxylic acids is 1. The molecule has 1 unspecified atom stereocenters. The van der Waals surface area contributed by atoms with Crippen LogP contribution >= 0.6 is 0 Å². The van der Waals surface area contributed by atoms with Crippen LogP contribution in [0.15, 0.2) is 24.3 Å². The van der Waals surface area contributed by atoms with Crippen LogP contribution in [0.1, 0.15) is 30.7 Å². The molecule has 2 rings (SSSR count). The van der Waals surface area contributed by atoms with Gasteiger partial charge in [-0.2, -0.15) is 0 Å². The molecule has 1 aliphatic carbocycles. The summed E-state index contributed by atoms with van der Waals surface area (Å²) >= 11 is 0. The Morgan fingerprint density at radius 3 is 2.85 bits per heavy atom. The van der Waals surface area contributed by atoms with Gasteiger partial charge in [-0.3, -0.25) is 4.79 Å². The molecule has 0 heterocycles. The Bertz CT molecular complexity index is 331. The summed E-state index contributed by atoms with van der Waals surface area (Å²) < 4.78 is 0. The Morgan fingerprint density at radius 2 is 2.23 bits per heavy atom. The Labute approximate surface area is 77.2 Å². The highest BCUT2D eigenvalue weighted by atomic mass is 16.3. The largest absolute Gasteiger partial charge is 0.508 e. The van der Waals surface area contributed by atoms with Gasteiger partial charge >= 0.3 is 0 Å². The molecule has 0 saturated heterocycles. The third-order valence-corrected chi connectivity index (χ3v) is 2.59. The molecule has 0 aliphatic heterocycles. The molecule has 1 saturated carbocycles. The van der Waals surface area contributed by atoms with Crippen molar-refractivity contribution < 1.29 is 9.90 Å². The fourth-order valence-corrected chi connectivity index (χ4v) is 1.88. The standard InChI is InChI=1S/C11H12O2/c12-10-3-1-2-8(6-10)9-4-5-11(13)7-9/h1-3,6,9,12H,4-5,7H2. The molecule has 2 nitrogen and oxygen atoms in total. The van der Waals surface area contributed by atoms with Gasteiger partial charge in [0.2, 0.25) is 0 Å². The molecule has 1 aromatic carbocycles. The van der Waals surface area contributed by atoms with E-state index >= 15 is 0 Å². The molecule has 0 aromatic heterocycles. The Balaban J connectivity index is 2.21. The van der Waals surface area contributed by atoms with Crippen molar-refractivity contribution in [2.24, 2.45) is 0 Å². The minimum Gasteiger partial charge on any atom is -0.508 e. The van der Waals surface area contributed by atoms with Gasteiger partial charge in [0.15, 0.2) is 0 Å². The molecule has 13 heavy (non-hydrogen) atoms. The molecule has 68 valence electrons. The third kappa shape index (κ3) is 1.72. The number of phenols is 1. The second kappa shape index (κ2) is 3.21. The van der Waals surface area contributed by atoms with E-state index in [1.54, 1.807) is 12.1 Å². The van der Waals surface area contributed by atoms with Crippen LogP contribution < -0.4 is 0 Å². The molecule has 1 N–H and O–H groups in total. The first-order valence-corrected chi connectivity index (χ1v) is 4.56. The Morgan fingerprint density at radius 1 is 1.38 bits per heavy atom. The smallest absolute Gasteiger partial charge is 0.133 e. The molecule has 1 aliphatic rings. The number of carbonyl (C=O) groups is 1. The van der Waals surface area contributed by atoms with E-state index in [-0.39, 0.29) is 5.75 Å². The second-order valence-electron chi connectivity index (χ2n) is 3.57. The number of rotatable bonds is 1.